The lowest BCUT2D eigenvalue weighted by atomic mass is 10.2. The molecule has 0 aliphatic carbocycles. The number of aliphatic carboxylic acids is 1. The molecule has 1 N–H and O–H groups in total. The number of hydrogen-bond donors (Lipinski definition) is 1. The molecule has 6 heteroatoms. The van der Waals surface area contributed by atoms with E-state index in [9.17, 15) is 9.59 Å². The van der Waals surface area contributed by atoms with Crippen molar-refractivity contribution < 1.29 is 19.1 Å². The Bertz CT molecular complexity index is 681. The maximum absolute atomic E-state index is 12.3. The number of amides is 1. The number of hydrogen-bond acceptors (Lipinski definition) is 4. The number of carboxylic acids is 1. The third-order valence-electron chi connectivity index (χ3n) is 3.91. The Kier molecular flexibility index (Phi) is 6.12. The summed E-state index contributed by atoms with van der Waals surface area (Å²) in [6.45, 7) is 3.49. The lowest BCUT2D eigenvalue weighted by Gasteiger charge is -2.26. The highest BCUT2D eigenvalue weighted by Gasteiger charge is 2.21. The summed E-state index contributed by atoms with van der Waals surface area (Å²) in [5, 5.41) is 8.97. The van der Waals surface area contributed by atoms with Crippen molar-refractivity contribution in [3.8, 4) is 11.3 Å². The molecule has 1 aromatic heterocycles. The van der Waals surface area contributed by atoms with E-state index in [4.69, 9.17) is 9.52 Å². The number of carboxylic acid groups (broad SMARTS) is 1. The van der Waals surface area contributed by atoms with Gasteiger partial charge < -0.3 is 14.4 Å². The molecule has 2 rings (SSSR count). The van der Waals surface area contributed by atoms with Crippen LogP contribution >= 0.6 is 0 Å². The van der Waals surface area contributed by atoms with Crippen LogP contribution in [-0.4, -0.2) is 39.5 Å². The zero-order valence-corrected chi connectivity index (χ0v) is 13.9. The van der Waals surface area contributed by atoms with Crippen molar-refractivity contribution in [3.63, 3.8) is 0 Å². The summed E-state index contributed by atoms with van der Waals surface area (Å²) in [6.07, 6.45) is 2.86. The van der Waals surface area contributed by atoms with Crippen LogP contribution in [0.2, 0.25) is 0 Å². The highest BCUT2D eigenvalue weighted by molar-refractivity contribution is 5.81. The van der Waals surface area contributed by atoms with Gasteiger partial charge in [-0.15, -0.1) is 0 Å². The maximum Gasteiger partial charge on any atom is 0.323 e. The van der Waals surface area contributed by atoms with E-state index in [-0.39, 0.29) is 24.9 Å². The molecule has 0 fully saturated rings. The van der Waals surface area contributed by atoms with Crippen LogP contribution in [0.3, 0.4) is 0 Å². The van der Waals surface area contributed by atoms with Crippen molar-refractivity contribution in [2.75, 3.05) is 6.54 Å². The molecule has 24 heavy (non-hydrogen) atoms. The van der Waals surface area contributed by atoms with Gasteiger partial charge in [-0.3, -0.25) is 9.59 Å². The summed E-state index contributed by atoms with van der Waals surface area (Å²) in [7, 11) is 0. The quantitative estimate of drug-likeness (QED) is 0.804. The van der Waals surface area contributed by atoms with Crippen molar-refractivity contribution in [2.24, 2.45) is 0 Å². The van der Waals surface area contributed by atoms with Crippen molar-refractivity contribution in [1.82, 2.24) is 9.88 Å². The fourth-order valence-corrected chi connectivity index (χ4v) is 2.38. The van der Waals surface area contributed by atoms with Gasteiger partial charge >= 0.3 is 5.97 Å². The van der Waals surface area contributed by atoms with E-state index in [0.717, 1.165) is 5.56 Å². The molecular weight excluding hydrogens is 308 g/mol. The number of carbonyl (C=O) groups is 2. The predicted octanol–water partition coefficient (Wildman–Crippen LogP) is 2.99. The molecule has 1 amide bonds. The zero-order chi connectivity index (χ0) is 17.5. The topological polar surface area (TPSA) is 83.6 Å². The van der Waals surface area contributed by atoms with Gasteiger partial charge in [-0.25, -0.2) is 4.98 Å². The molecule has 1 heterocycles. The average Bonchev–Trinajstić information content (AvgIpc) is 3.06. The van der Waals surface area contributed by atoms with E-state index in [2.05, 4.69) is 4.98 Å². The SMILES string of the molecule is CCC(C)N(CC(=O)O)C(=O)CCc1ncc(-c2ccccc2)o1. The van der Waals surface area contributed by atoms with Gasteiger partial charge in [-0.05, 0) is 13.3 Å². The summed E-state index contributed by atoms with van der Waals surface area (Å²) in [6, 6.07) is 9.48. The minimum absolute atomic E-state index is 0.113. The summed E-state index contributed by atoms with van der Waals surface area (Å²) >= 11 is 0. The molecule has 0 bridgehead atoms. The minimum Gasteiger partial charge on any atom is -0.480 e. The largest absolute Gasteiger partial charge is 0.480 e. The molecule has 0 saturated heterocycles. The maximum atomic E-state index is 12.3. The minimum atomic E-state index is -1.01. The van der Waals surface area contributed by atoms with Crippen molar-refractivity contribution >= 4 is 11.9 Å². The fourth-order valence-electron chi connectivity index (χ4n) is 2.38. The Balaban J connectivity index is 1.98. The summed E-state index contributed by atoms with van der Waals surface area (Å²) < 4.78 is 5.67. The van der Waals surface area contributed by atoms with E-state index in [1.165, 1.54) is 4.90 Å². The van der Waals surface area contributed by atoms with Crippen LogP contribution in [0.1, 0.15) is 32.6 Å². The summed E-state index contributed by atoms with van der Waals surface area (Å²) in [5.41, 5.74) is 0.926. The highest BCUT2D eigenvalue weighted by Crippen LogP contribution is 2.20. The van der Waals surface area contributed by atoms with Crippen molar-refractivity contribution in [2.45, 2.75) is 39.2 Å². The molecule has 1 unspecified atom stereocenters. The summed E-state index contributed by atoms with van der Waals surface area (Å²) in [5.74, 6) is -0.0821. The Labute approximate surface area is 141 Å². The second kappa shape index (κ2) is 8.29. The predicted molar refractivity (Wildman–Crippen MR) is 89.4 cm³/mol. The van der Waals surface area contributed by atoms with Crippen LogP contribution in [0.25, 0.3) is 11.3 Å². The molecule has 0 saturated carbocycles. The number of aromatic nitrogens is 1. The third-order valence-corrected chi connectivity index (χ3v) is 3.91. The Morgan fingerprint density at radius 2 is 2.00 bits per heavy atom. The number of carbonyl (C=O) groups excluding carboxylic acids is 1. The van der Waals surface area contributed by atoms with Gasteiger partial charge in [0.1, 0.15) is 6.54 Å². The van der Waals surface area contributed by atoms with E-state index < -0.39 is 5.97 Å². The number of oxazole rings is 1. The van der Waals surface area contributed by atoms with Crippen LogP contribution < -0.4 is 0 Å². The van der Waals surface area contributed by atoms with Crippen LogP contribution in [0.15, 0.2) is 40.9 Å². The molecule has 0 spiro atoms. The number of benzene rings is 1. The normalized spacial score (nSPS) is 11.9. The number of aryl methyl sites for hydroxylation is 1. The fraction of sp³-hybridized carbons (Fsp3) is 0.389. The van der Waals surface area contributed by atoms with E-state index >= 15 is 0 Å². The smallest absolute Gasteiger partial charge is 0.323 e. The molecule has 1 atom stereocenters. The van der Waals surface area contributed by atoms with Gasteiger partial charge in [-0.1, -0.05) is 37.3 Å². The second-order valence-electron chi connectivity index (χ2n) is 5.66. The molecule has 2 aromatic rings. The molecule has 0 aliphatic heterocycles. The van der Waals surface area contributed by atoms with Gasteiger partial charge in [0.15, 0.2) is 11.7 Å². The van der Waals surface area contributed by atoms with E-state index in [1.807, 2.05) is 44.2 Å². The van der Waals surface area contributed by atoms with Gasteiger partial charge in [0.2, 0.25) is 5.91 Å². The highest BCUT2D eigenvalue weighted by atomic mass is 16.4. The molecular formula is C18H22N2O4. The van der Waals surface area contributed by atoms with E-state index in [1.54, 1.807) is 6.20 Å². The zero-order valence-electron chi connectivity index (χ0n) is 13.9. The van der Waals surface area contributed by atoms with Crippen molar-refractivity contribution in [1.29, 1.82) is 0 Å². The van der Waals surface area contributed by atoms with Gasteiger partial charge in [0, 0.05) is 24.4 Å². The Hall–Kier alpha value is -2.63. The summed E-state index contributed by atoms with van der Waals surface area (Å²) in [4.78, 5) is 28.9. The monoisotopic (exact) mass is 330 g/mol. The molecule has 1 aromatic carbocycles. The lowest BCUT2D eigenvalue weighted by molar-refractivity contribution is -0.146. The van der Waals surface area contributed by atoms with Crippen LogP contribution in [0, 0.1) is 0 Å². The van der Waals surface area contributed by atoms with E-state index in [0.29, 0.717) is 24.5 Å². The van der Waals surface area contributed by atoms with Gasteiger partial charge in [0.05, 0.1) is 6.20 Å². The lowest BCUT2D eigenvalue weighted by Crippen LogP contribution is -2.41. The number of nitrogens with zero attached hydrogens (tertiary/aromatic N) is 2. The number of rotatable bonds is 8. The van der Waals surface area contributed by atoms with Gasteiger partial charge in [0.25, 0.3) is 0 Å². The first kappa shape index (κ1) is 17.7. The second-order valence-corrected chi connectivity index (χ2v) is 5.66. The van der Waals surface area contributed by atoms with Crippen LogP contribution in [-0.2, 0) is 16.0 Å². The first-order valence-corrected chi connectivity index (χ1v) is 8.02. The van der Waals surface area contributed by atoms with Gasteiger partial charge in [-0.2, -0.15) is 0 Å². The molecule has 0 radical (unpaired) electrons. The average molecular weight is 330 g/mol. The Morgan fingerprint density at radius 1 is 1.29 bits per heavy atom. The van der Waals surface area contributed by atoms with Crippen LogP contribution in [0.4, 0.5) is 0 Å². The Morgan fingerprint density at radius 3 is 2.62 bits per heavy atom. The first-order valence-electron chi connectivity index (χ1n) is 8.02. The van der Waals surface area contributed by atoms with Crippen molar-refractivity contribution in [3.05, 3.63) is 42.4 Å². The molecule has 0 aliphatic rings. The molecule has 128 valence electrons. The molecule has 6 nitrogen and oxygen atoms in total. The first-order chi connectivity index (χ1) is 11.5. The third kappa shape index (κ3) is 4.68. The van der Waals surface area contributed by atoms with Crippen LogP contribution in [0.5, 0.6) is 0 Å². The standard InChI is InChI=1S/C18H22N2O4/c1-3-13(2)20(12-18(22)23)17(21)10-9-16-19-11-15(24-16)14-7-5-4-6-8-14/h4-8,11,13H,3,9-10,12H2,1-2H3,(H,22,23).